The number of halogens is 5. The predicted molar refractivity (Wildman–Crippen MR) is 90.3 cm³/mol. The van der Waals surface area contributed by atoms with Gasteiger partial charge in [0.15, 0.2) is 5.69 Å². The van der Waals surface area contributed by atoms with E-state index in [1.807, 2.05) is 0 Å². The van der Waals surface area contributed by atoms with Crippen molar-refractivity contribution in [2.75, 3.05) is 10.6 Å². The molecule has 2 aromatic rings. The Labute approximate surface area is 150 Å². The summed E-state index contributed by atoms with van der Waals surface area (Å²) < 4.78 is 52.9. The highest BCUT2D eigenvalue weighted by Crippen LogP contribution is 2.32. The van der Waals surface area contributed by atoms with Gasteiger partial charge in [0, 0.05) is 16.6 Å². The number of anilines is 3. The van der Waals surface area contributed by atoms with Crippen molar-refractivity contribution in [2.45, 2.75) is 37.9 Å². The van der Waals surface area contributed by atoms with E-state index in [0.717, 1.165) is 31.7 Å². The molecule has 4 nitrogen and oxygen atoms in total. The first-order chi connectivity index (χ1) is 11.8. The van der Waals surface area contributed by atoms with E-state index >= 15 is 0 Å². The average molecular weight is 419 g/mol. The zero-order chi connectivity index (χ0) is 18.0. The van der Waals surface area contributed by atoms with Gasteiger partial charge in [-0.25, -0.2) is 9.37 Å². The minimum Gasteiger partial charge on any atom is -0.351 e. The summed E-state index contributed by atoms with van der Waals surface area (Å²) in [7, 11) is 0. The minimum atomic E-state index is -4.59. The van der Waals surface area contributed by atoms with E-state index in [4.69, 9.17) is 0 Å². The van der Waals surface area contributed by atoms with Crippen LogP contribution in [0.25, 0.3) is 0 Å². The third-order valence-corrected chi connectivity index (χ3v) is 4.55. The van der Waals surface area contributed by atoms with Crippen LogP contribution in [0.4, 0.5) is 35.0 Å². The van der Waals surface area contributed by atoms with Crippen molar-refractivity contribution in [1.29, 1.82) is 0 Å². The molecule has 1 aromatic carbocycles. The van der Waals surface area contributed by atoms with Gasteiger partial charge in [0.1, 0.15) is 11.6 Å². The first-order valence-corrected chi connectivity index (χ1v) is 8.55. The molecule has 0 atom stereocenters. The lowest BCUT2D eigenvalue weighted by atomic mass is 10.2. The second kappa shape index (κ2) is 7.15. The van der Waals surface area contributed by atoms with Gasteiger partial charge >= 0.3 is 6.18 Å². The summed E-state index contributed by atoms with van der Waals surface area (Å²) >= 11 is 3.17. The third-order valence-electron chi connectivity index (χ3n) is 3.90. The first kappa shape index (κ1) is 17.9. The van der Waals surface area contributed by atoms with Crippen molar-refractivity contribution in [3.63, 3.8) is 0 Å². The van der Waals surface area contributed by atoms with E-state index in [-0.39, 0.29) is 17.8 Å². The molecule has 0 bridgehead atoms. The summed E-state index contributed by atoms with van der Waals surface area (Å²) in [4.78, 5) is 7.71. The van der Waals surface area contributed by atoms with Gasteiger partial charge in [-0.2, -0.15) is 18.2 Å². The summed E-state index contributed by atoms with van der Waals surface area (Å²) in [5.74, 6) is -0.544. The Morgan fingerprint density at radius 3 is 2.44 bits per heavy atom. The van der Waals surface area contributed by atoms with Crippen LogP contribution in [0.3, 0.4) is 0 Å². The molecule has 1 aromatic heterocycles. The van der Waals surface area contributed by atoms with E-state index in [9.17, 15) is 17.6 Å². The molecule has 0 saturated heterocycles. The second-order valence-electron chi connectivity index (χ2n) is 5.83. The van der Waals surface area contributed by atoms with Gasteiger partial charge in [-0.05, 0) is 47.0 Å². The molecule has 134 valence electrons. The molecule has 1 heterocycles. The predicted octanol–water partition coefficient (Wildman–Crippen LogP) is 5.50. The Hall–Kier alpha value is -1.90. The van der Waals surface area contributed by atoms with Gasteiger partial charge in [-0.1, -0.05) is 12.8 Å². The third kappa shape index (κ3) is 4.59. The van der Waals surface area contributed by atoms with Crippen LogP contribution < -0.4 is 10.6 Å². The fourth-order valence-electron chi connectivity index (χ4n) is 2.70. The Kier molecular flexibility index (Phi) is 5.12. The molecule has 0 aliphatic heterocycles. The van der Waals surface area contributed by atoms with Crippen molar-refractivity contribution in [1.82, 2.24) is 9.97 Å². The quantitative estimate of drug-likeness (QED) is 0.644. The highest BCUT2D eigenvalue weighted by atomic mass is 79.9. The van der Waals surface area contributed by atoms with Gasteiger partial charge < -0.3 is 10.6 Å². The summed E-state index contributed by atoms with van der Waals surface area (Å²) in [6.45, 7) is 0. The molecule has 0 amide bonds. The Bertz CT molecular complexity index is 760. The Morgan fingerprint density at radius 2 is 1.80 bits per heavy atom. The van der Waals surface area contributed by atoms with Crippen LogP contribution in [-0.4, -0.2) is 16.0 Å². The zero-order valence-corrected chi connectivity index (χ0v) is 14.6. The maximum Gasteiger partial charge on any atom is 0.433 e. The molecule has 0 unspecified atom stereocenters. The lowest BCUT2D eigenvalue weighted by Gasteiger charge is -2.16. The summed E-state index contributed by atoms with van der Waals surface area (Å²) in [5, 5.41) is 5.74. The number of nitrogens with one attached hydrogen (secondary N) is 2. The van der Waals surface area contributed by atoms with E-state index in [1.54, 1.807) is 0 Å². The minimum absolute atomic E-state index is 0.0184. The molecule has 9 heteroatoms. The normalized spacial score (nSPS) is 15.4. The van der Waals surface area contributed by atoms with Crippen molar-refractivity contribution in [3.8, 4) is 0 Å². The highest BCUT2D eigenvalue weighted by molar-refractivity contribution is 9.10. The van der Waals surface area contributed by atoms with Crippen LogP contribution in [-0.2, 0) is 6.18 Å². The fraction of sp³-hybridized carbons (Fsp3) is 0.375. The number of hydrogen-bond donors (Lipinski definition) is 2. The average Bonchev–Trinajstić information content (AvgIpc) is 3.02. The first-order valence-electron chi connectivity index (χ1n) is 7.76. The summed E-state index contributed by atoms with van der Waals surface area (Å²) in [6.07, 6.45) is -0.766. The Balaban J connectivity index is 1.90. The van der Waals surface area contributed by atoms with Gasteiger partial charge in [-0.15, -0.1) is 0 Å². The van der Waals surface area contributed by atoms with Crippen LogP contribution in [0, 0.1) is 5.82 Å². The zero-order valence-electron chi connectivity index (χ0n) is 13.0. The van der Waals surface area contributed by atoms with Crippen LogP contribution in [0.5, 0.6) is 0 Å². The number of rotatable bonds is 4. The number of aromatic nitrogens is 2. The number of nitrogens with zero attached hydrogens (tertiary/aromatic N) is 2. The molecule has 1 aliphatic carbocycles. The van der Waals surface area contributed by atoms with Crippen molar-refractivity contribution < 1.29 is 17.6 Å². The molecule has 2 N–H and O–H groups in total. The molecule has 1 aliphatic rings. The topological polar surface area (TPSA) is 49.8 Å². The maximum atomic E-state index is 13.2. The van der Waals surface area contributed by atoms with Crippen molar-refractivity contribution in [3.05, 3.63) is 40.2 Å². The summed E-state index contributed by atoms with van der Waals surface area (Å²) in [5.41, 5.74) is -0.635. The largest absolute Gasteiger partial charge is 0.433 e. The van der Waals surface area contributed by atoms with Crippen LogP contribution in [0.15, 0.2) is 28.7 Å². The van der Waals surface area contributed by atoms with Crippen molar-refractivity contribution in [2.24, 2.45) is 0 Å². The monoisotopic (exact) mass is 418 g/mol. The maximum absolute atomic E-state index is 13.2. The van der Waals surface area contributed by atoms with E-state index in [2.05, 4.69) is 36.5 Å². The van der Waals surface area contributed by atoms with Crippen LogP contribution in [0.1, 0.15) is 31.4 Å². The second-order valence-corrected chi connectivity index (χ2v) is 6.69. The molecule has 1 saturated carbocycles. The standard InChI is InChI=1S/C16H15BrF4N4/c17-11-7-9(18)5-6-12(11)23-14-8-13(16(19,20)21)24-15(25-14)22-10-3-1-2-4-10/h5-8,10H,1-4H2,(H2,22,23,24,25). The van der Waals surface area contributed by atoms with E-state index in [0.29, 0.717) is 10.2 Å². The number of alkyl halides is 3. The van der Waals surface area contributed by atoms with Crippen molar-refractivity contribution >= 4 is 33.4 Å². The molecule has 25 heavy (non-hydrogen) atoms. The molecule has 0 spiro atoms. The van der Waals surface area contributed by atoms with E-state index < -0.39 is 17.7 Å². The highest BCUT2D eigenvalue weighted by Gasteiger charge is 2.34. The smallest absolute Gasteiger partial charge is 0.351 e. The fourth-order valence-corrected chi connectivity index (χ4v) is 3.15. The molecule has 3 rings (SSSR count). The van der Waals surface area contributed by atoms with Gasteiger partial charge in [0.05, 0.1) is 5.69 Å². The molecular weight excluding hydrogens is 404 g/mol. The van der Waals surface area contributed by atoms with Gasteiger partial charge in [0.25, 0.3) is 0 Å². The van der Waals surface area contributed by atoms with Crippen LogP contribution in [0.2, 0.25) is 0 Å². The Morgan fingerprint density at radius 1 is 1.08 bits per heavy atom. The molecule has 0 radical (unpaired) electrons. The van der Waals surface area contributed by atoms with Gasteiger partial charge in [-0.3, -0.25) is 0 Å². The SMILES string of the molecule is Fc1ccc(Nc2cc(C(F)(F)F)nc(NC3CCCC3)n2)c(Br)c1. The van der Waals surface area contributed by atoms with Crippen LogP contribution >= 0.6 is 15.9 Å². The van der Waals surface area contributed by atoms with Gasteiger partial charge in [0.2, 0.25) is 5.95 Å². The van der Waals surface area contributed by atoms with E-state index in [1.165, 1.54) is 18.2 Å². The molecular formula is C16H15BrF4N4. The lowest BCUT2D eigenvalue weighted by Crippen LogP contribution is -2.19. The lowest BCUT2D eigenvalue weighted by molar-refractivity contribution is -0.141. The number of hydrogen-bond acceptors (Lipinski definition) is 4. The molecule has 1 fully saturated rings. The number of benzene rings is 1. The summed E-state index contributed by atoms with van der Waals surface area (Å²) in [6, 6.07) is 4.74.